The van der Waals surface area contributed by atoms with Gasteiger partial charge in [-0.25, -0.2) is 0 Å². The van der Waals surface area contributed by atoms with E-state index in [9.17, 15) is 9.59 Å². The Labute approximate surface area is 115 Å². The molecular weight excluding hydrogens is 244 g/mol. The molecule has 0 bridgehead atoms. The number of hydrogen-bond donors (Lipinski definition) is 0. The minimum Gasteiger partial charge on any atom is -0.466 e. The third-order valence-corrected chi connectivity index (χ3v) is 3.33. The maximum Gasteiger partial charge on any atom is 0.309 e. The molecule has 1 saturated carbocycles. The molecule has 0 aliphatic heterocycles. The van der Waals surface area contributed by atoms with Crippen LogP contribution in [0.1, 0.15) is 59.8 Å². The van der Waals surface area contributed by atoms with Gasteiger partial charge in [0.15, 0.2) is 0 Å². The Kier molecular flexibility index (Phi) is 5.83. The Balaban J connectivity index is 2.50. The lowest BCUT2D eigenvalue weighted by molar-refractivity contribution is -0.160. The minimum absolute atomic E-state index is 0.0487. The number of rotatable bonds is 3. The van der Waals surface area contributed by atoms with Crippen molar-refractivity contribution < 1.29 is 19.1 Å². The van der Waals surface area contributed by atoms with Crippen LogP contribution in [-0.4, -0.2) is 24.1 Å². The predicted molar refractivity (Wildman–Crippen MR) is 72.5 cm³/mol. The van der Waals surface area contributed by atoms with Crippen LogP contribution in [0.25, 0.3) is 0 Å². The fourth-order valence-corrected chi connectivity index (χ4v) is 2.42. The Morgan fingerprint density at radius 2 is 1.53 bits per heavy atom. The zero-order valence-electron chi connectivity index (χ0n) is 12.5. The van der Waals surface area contributed by atoms with Crippen LogP contribution in [-0.2, 0) is 19.1 Å². The summed E-state index contributed by atoms with van der Waals surface area (Å²) in [7, 11) is 0. The first-order chi connectivity index (χ1) is 8.83. The molecule has 19 heavy (non-hydrogen) atoms. The first-order valence-corrected chi connectivity index (χ1v) is 7.23. The van der Waals surface area contributed by atoms with Gasteiger partial charge in [0, 0.05) is 0 Å². The highest BCUT2D eigenvalue weighted by Gasteiger charge is 2.30. The first-order valence-electron chi connectivity index (χ1n) is 7.23. The molecule has 0 heterocycles. The lowest BCUT2D eigenvalue weighted by Gasteiger charge is -2.23. The quantitative estimate of drug-likeness (QED) is 0.584. The summed E-state index contributed by atoms with van der Waals surface area (Å²) >= 11 is 0. The molecule has 0 saturated heterocycles. The number of esters is 2. The van der Waals surface area contributed by atoms with E-state index in [0.29, 0.717) is 6.61 Å². The van der Waals surface area contributed by atoms with Crippen LogP contribution >= 0.6 is 0 Å². The maximum absolute atomic E-state index is 12.0. The van der Waals surface area contributed by atoms with Gasteiger partial charge in [0.2, 0.25) is 0 Å². The van der Waals surface area contributed by atoms with Gasteiger partial charge in [-0.05, 0) is 53.4 Å². The molecule has 0 aromatic rings. The molecular formula is C15H26O4. The SMILES string of the molecule is CCOC(=O)C1CCCC(C(=O)OC(C)(C)C)CC1. The summed E-state index contributed by atoms with van der Waals surface area (Å²) in [6, 6.07) is 0. The van der Waals surface area contributed by atoms with Crippen molar-refractivity contribution >= 4 is 11.9 Å². The molecule has 1 aliphatic rings. The molecule has 2 atom stereocenters. The van der Waals surface area contributed by atoms with Gasteiger partial charge in [-0.15, -0.1) is 0 Å². The van der Waals surface area contributed by atoms with E-state index in [1.165, 1.54) is 0 Å². The third-order valence-electron chi connectivity index (χ3n) is 3.33. The van der Waals surface area contributed by atoms with Gasteiger partial charge in [-0.1, -0.05) is 6.42 Å². The van der Waals surface area contributed by atoms with Gasteiger partial charge in [0.25, 0.3) is 0 Å². The summed E-state index contributed by atoms with van der Waals surface area (Å²) in [5, 5.41) is 0. The monoisotopic (exact) mass is 270 g/mol. The average molecular weight is 270 g/mol. The topological polar surface area (TPSA) is 52.6 Å². The summed E-state index contributed by atoms with van der Waals surface area (Å²) in [5.41, 5.74) is -0.441. The minimum atomic E-state index is -0.441. The first kappa shape index (κ1) is 16.0. The predicted octanol–water partition coefficient (Wildman–Crippen LogP) is 3.09. The van der Waals surface area contributed by atoms with Gasteiger partial charge in [-0.2, -0.15) is 0 Å². The number of hydrogen-bond acceptors (Lipinski definition) is 4. The van der Waals surface area contributed by atoms with E-state index in [2.05, 4.69) is 0 Å². The molecule has 110 valence electrons. The normalized spacial score (nSPS) is 24.4. The molecule has 1 aliphatic carbocycles. The second-order valence-electron chi connectivity index (χ2n) is 6.19. The van der Waals surface area contributed by atoms with Crippen molar-refractivity contribution in [3.63, 3.8) is 0 Å². The summed E-state index contributed by atoms with van der Waals surface area (Å²) in [4.78, 5) is 23.7. The lowest BCUT2D eigenvalue weighted by atomic mass is 9.98. The van der Waals surface area contributed by atoms with Crippen molar-refractivity contribution in [3.8, 4) is 0 Å². The van der Waals surface area contributed by atoms with E-state index in [1.807, 2.05) is 27.7 Å². The van der Waals surface area contributed by atoms with Crippen LogP contribution in [0.5, 0.6) is 0 Å². The number of ether oxygens (including phenoxy) is 2. The Bertz CT molecular complexity index is 317. The second-order valence-corrected chi connectivity index (χ2v) is 6.19. The maximum atomic E-state index is 12.0. The molecule has 4 nitrogen and oxygen atoms in total. The van der Waals surface area contributed by atoms with Crippen molar-refractivity contribution in [2.24, 2.45) is 11.8 Å². The molecule has 0 radical (unpaired) electrons. The fraction of sp³-hybridized carbons (Fsp3) is 0.867. The zero-order chi connectivity index (χ0) is 14.5. The average Bonchev–Trinajstić information content (AvgIpc) is 2.52. The number of carbonyl (C=O) groups is 2. The lowest BCUT2D eigenvalue weighted by Crippen LogP contribution is -2.28. The van der Waals surface area contributed by atoms with Crippen LogP contribution in [0.3, 0.4) is 0 Å². The van der Waals surface area contributed by atoms with E-state index < -0.39 is 5.60 Å². The van der Waals surface area contributed by atoms with E-state index in [4.69, 9.17) is 9.47 Å². The van der Waals surface area contributed by atoms with E-state index in [1.54, 1.807) is 0 Å². The van der Waals surface area contributed by atoms with E-state index in [0.717, 1.165) is 32.1 Å². The Morgan fingerprint density at radius 1 is 1.00 bits per heavy atom. The Morgan fingerprint density at radius 3 is 2.00 bits per heavy atom. The highest BCUT2D eigenvalue weighted by Crippen LogP contribution is 2.29. The van der Waals surface area contributed by atoms with Gasteiger partial charge in [0.05, 0.1) is 18.4 Å². The van der Waals surface area contributed by atoms with E-state index >= 15 is 0 Å². The highest BCUT2D eigenvalue weighted by atomic mass is 16.6. The highest BCUT2D eigenvalue weighted by molar-refractivity contribution is 5.74. The van der Waals surface area contributed by atoms with Gasteiger partial charge < -0.3 is 9.47 Å². The summed E-state index contributed by atoms with van der Waals surface area (Å²) in [5.74, 6) is -0.365. The fourth-order valence-electron chi connectivity index (χ4n) is 2.42. The van der Waals surface area contributed by atoms with Crippen LogP contribution in [0, 0.1) is 11.8 Å². The molecule has 4 heteroatoms. The zero-order valence-corrected chi connectivity index (χ0v) is 12.5. The molecule has 0 N–H and O–H groups in total. The van der Waals surface area contributed by atoms with Crippen molar-refractivity contribution in [1.82, 2.24) is 0 Å². The van der Waals surface area contributed by atoms with Crippen LogP contribution in [0.2, 0.25) is 0 Å². The van der Waals surface area contributed by atoms with Crippen LogP contribution < -0.4 is 0 Å². The van der Waals surface area contributed by atoms with Crippen molar-refractivity contribution in [1.29, 1.82) is 0 Å². The van der Waals surface area contributed by atoms with Crippen LogP contribution in [0.4, 0.5) is 0 Å². The van der Waals surface area contributed by atoms with Crippen molar-refractivity contribution in [2.75, 3.05) is 6.61 Å². The van der Waals surface area contributed by atoms with Crippen LogP contribution in [0.15, 0.2) is 0 Å². The molecule has 0 amide bonds. The van der Waals surface area contributed by atoms with Gasteiger partial charge in [-0.3, -0.25) is 9.59 Å². The molecule has 1 rings (SSSR count). The third kappa shape index (κ3) is 5.62. The smallest absolute Gasteiger partial charge is 0.309 e. The van der Waals surface area contributed by atoms with Gasteiger partial charge >= 0.3 is 11.9 Å². The van der Waals surface area contributed by atoms with Crippen molar-refractivity contribution in [3.05, 3.63) is 0 Å². The molecule has 2 unspecified atom stereocenters. The largest absolute Gasteiger partial charge is 0.466 e. The summed E-state index contributed by atoms with van der Waals surface area (Å²) in [6.45, 7) is 7.87. The molecule has 0 spiro atoms. The molecule has 1 fully saturated rings. The molecule has 0 aromatic heterocycles. The Hall–Kier alpha value is -1.06. The van der Waals surface area contributed by atoms with Gasteiger partial charge in [0.1, 0.15) is 5.60 Å². The van der Waals surface area contributed by atoms with E-state index in [-0.39, 0.29) is 23.8 Å². The molecule has 0 aromatic carbocycles. The number of carbonyl (C=O) groups excluding carboxylic acids is 2. The summed E-state index contributed by atoms with van der Waals surface area (Å²) < 4.78 is 10.5. The standard InChI is InChI=1S/C15H26O4/c1-5-18-13(16)11-7-6-8-12(10-9-11)14(17)19-15(2,3)4/h11-12H,5-10H2,1-4H3. The van der Waals surface area contributed by atoms with Crippen molar-refractivity contribution in [2.45, 2.75) is 65.4 Å². The summed E-state index contributed by atoms with van der Waals surface area (Å²) in [6.07, 6.45) is 3.96. The second kappa shape index (κ2) is 6.92.